The maximum Gasteiger partial charge on any atom is 0.269 e. The summed E-state index contributed by atoms with van der Waals surface area (Å²) < 4.78 is 7.34. The summed E-state index contributed by atoms with van der Waals surface area (Å²) in [4.78, 5) is 16.8. The predicted molar refractivity (Wildman–Crippen MR) is 94.2 cm³/mol. The topological polar surface area (TPSA) is 51.2 Å². The van der Waals surface area contributed by atoms with E-state index in [-0.39, 0.29) is 5.91 Å². The SMILES string of the molecule is Cc1nc(NC(=O)C(C)(C)Oc2ccccc2)c(Br)cc1Br. The Kier molecular flexibility index (Phi) is 5.24. The number of hydrogen-bond acceptors (Lipinski definition) is 3. The van der Waals surface area contributed by atoms with Gasteiger partial charge in [-0.1, -0.05) is 18.2 Å². The normalized spacial score (nSPS) is 11.1. The van der Waals surface area contributed by atoms with Crippen LogP contribution in [0.1, 0.15) is 19.5 Å². The van der Waals surface area contributed by atoms with Gasteiger partial charge < -0.3 is 10.1 Å². The zero-order chi connectivity index (χ0) is 16.3. The van der Waals surface area contributed by atoms with Crippen LogP contribution < -0.4 is 10.1 Å². The molecule has 116 valence electrons. The van der Waals surface area contributed by atoms with Gasteiger partial charge in [-0.15, -0.1) is 0 Å². The van der Waals surface area contributed by atoms with E-state index in [2.05, 4.69) is 42.2 Å². The molecule has 22 heavy (non-hydrogen) atoms. The maximum absolute atomic E-state index is 12.5. The number of carbonyl (C=O) groups excluding carboxylic acids is 1. The number of hydrogen-bond donors (Lipinski definition) is 1. The minimum absolute atomic E-state index is 0.272. The van der Waals surface area contributed by atoms with E-state index in [1.807, 2.05) is 43.3 Å². The number of rotatable bonds is 4. The van der Waals surface area contributed by atoms with Gasteiger partial charge in [-0.2, -0.15) is 0 Å². The molecule has 0 saturated heterocycles. The van der Waals surface area contributed by atoms with Gasteiger partial charge in [0, 0.05) is 4.47 Å². The number of para-hydroxylation sites is 1. The van der Waals surface area contributed by atoms with Gasteiger partial charge in [0.05, 0.1) is 10.2 Å². The first-order valence-corrected chi connectivity index (χ1v) is 8.26. The van der Waals surface area contributed by atoms with Crippen molar-refractivity contribution in [1.82, 2.24) is 4.98 Å². The molecule has 1 amide bonds. The Labute approximate surface area is 146 Å². The largest absolute Gasteiger partial charge is 0.478 e. The molecule has 4 nitrogen and oxygen atoms in total. The number of pyridine rings is 1. The summed E-state index contributed by atoms with van der Waals surface area (Å²) in [7, 11) is 0. The highest BCUT2D eigenvalue weighted by molar-refractivity contribution is 9.11. The zero-order valence-corrected chi connectivity index (χ0v) is 15.7. The van der Waals surface area contributed by atoms with Crippen LogP contribution in [0, 0.1) is 6.92 Å². The quantitative estimate of drug-likeness (QED) is 0.768. The van der Waals surface area contributed by atoms with E-state index in [0.29, 0.717) is 16.0 Å². The van der Waals surface area contributed by atoms with Crippen molar-refractivity contribution in [2.45, 2.75) is 26.4 Å². The highest BCUT2D eigenvalue weighted by atomic mass is 79.9. The van der Waals surface area contributed by atoms with Crippen molar-refractivity contribution < 1.29 is 9.53 Å². The first-order valence-electron chi connectivity index (χ1n) is 6.68. The number of aryl methyl sites for hydroxylation is 1. The third kappa shape index (κ3) is 4.08. The number of nitrogens with one attached hydrogen (secondary N) is 1. The Hall–Kier alpha value is -1.40. The molecule has 1 aromatic heterocycles. The molecule has 0 aliphatic carbocycles. The maximum atomic E-state index is 12.5. The second-order valence-electron chi connectivity index (χ2n) is 5.27. The number of ether oxygens (including phenoxy) is 1. The third-order valence-corrected chi connectivity index (χ3v) is 4.41. The van der Waals surface area contributed by atoms with E-state index in [1.165, 1.54) is 0 Å². The summed E-state index contributed by atoms with van der Waals surface area (Å²) in [5.74, 6) is 0.836. The number of amides is 1. The molecule has 0 unspecified atom stereocenters. The minimum Gasteiger partial charge on any atom is -0.478 e. The Morgan fingerprint density at radius 3 is 2.45 bits per heavy atom. The Bertz CT molecular complexity index is 688. The molecular formula is C16H16Br2N2O2. The van der Waals surface area contributed by atoms with E-state index < -0.39 is 5.60 Å². The van der Waals surface area contributed by atoms with Gasteiger partial charge in [-0.05, 0) is 70.8 Å². The molecular weight excluding hydrogens is 412 g/mol. The average Bonchev–Trinajstić information content (AvgIpc) is 2.45. The smallest absolute Gasteiger partial charge is 0.269 e. The molecule has 0 atom stereocenters. The molecule has 0 aliphatic heterocycles. The molecule has 1 N–H and O–H groups in total. The molecule has 1 heterocycles. The zero-order valence-electron chi connectivity index (χ0n) is 12.5. The van der Waals surface area contributed by atoms with Gasteiger partial charge in [-0.25, -0.2) is 4.98 Å². The van der Waals surface area contributed by atoms with Crippen LogP contribution in [-0.4, -0.2) is 16.5 Å². The molecule has 0 bridgehead atoms. The summed E-state index contributed by atoms with van der Waals surface area (Å²) in [5.41, 5.74) is -0.232. The van der Waals surface area contributed by atoms with Gasteiger partial charge >= 0.3 is 0 Å². The van der Waals surface area contributed by atoms with Crippen LogP contribution in [0.3, 0.4) is 0 Å². The summed E-state index contributed by atoms with van der Waals surface area (Å²) in [6.07, 6.45) is 0. The standard InChI is InChI=1S/C16H16Br2N2O2/c1-10-12(17)9-13(18)14(19-10)20-15(21)16(2,3)22-11-7-5-4-6-8-11/h4-9H,1-3H3,(H,19,20,21). The monoisotopic (exact) mass is 426 g/mol. The number of nitrogens with zero attached hydrogens (tertiary/aromatic N) is 1. The first kappa shape index (κ1) is 17.0. The van der Waals surface area contributed by atoms with E-state index in [9.17, 15) is 4.79 Å². The summed E-state index contributed by atoms with van der Waals surface area (Å²) in [5, 5.41) is 2.80. The van der Waals surface area contributed by atoms with Crippen molar-refractivity contribution in [3.63, 3.8) is 0 Å². The predicted octanol–water partition coefficient (Wildman–Crippen LogP) is 4.71. The molecule has 0 aliphatic rings. The lowest BCUT2D eigenvalue weighted by Gasteiger charge is -2.25. The van der Waals surface area contributed by atoms with Gasteiger partial charge in [0.25, 0.3) is 5.91 Å². The van der Waals surface area contributed by atoms with Crippen LogP contribution in [0.2, 0.25) is 0 Å². The fourth-order valence-corrected chi connectivity index (χ4v) is 2.78. The van der Waals surface area contributed by atoms with E-state index in [4.69, 9.17) is 4.74 Å². The van der Waals surface area contributed by atoms with Crippen LogP contribution in [-0.2, 0) is 4.79 Å². The number of benzene rings is 1. The molecule has 0 saturated carbocycles. The van der Waals surface area contributed by atoms with Crippen LogP contribution in [0.15, 0.2) is 45.3 Å². The van der Waals surface area contributed by atoms with Gasteiger partial charge in [0.2, 0.25) is 0 Å². The van der Waals surface area contributed by atoms with E-state index in [1.54, 1.807) is 13.8 Å². The molecule has 6 heteroatoms. The molecule has 1 aromatic carbocycles. The average molecular weight is 428 g/mol. The number of carbonyl (C=O) groups is 1. The lowest BCUT2D eigenvalue weighted by Crippen LogP contribution is -2.42. The van der Waals surface area contributed by atoms with Gasteiger partial charge in [-0.3, -0.25) is 4.79 Å². The lowest BCUT2D eigenvalue weighted by atomic mass is 10.1. The highest BCUT2D eigenvalue weighted by Crippen LogP contribution is 2.27. The van der Waals surface area contributed by atoms with E-state index in [0.717, 1.165) is 10.2 Å². The van der Waals surface area contributed by atoms with Gasteiger partial charge in [0.1, 0.15) is 11.6 Å². The number of aromatic nitrogens is 1. The third-order valence-electron chi connectivity index (χ3n) is 3.00. The molecule has 0 fully saturated rings. The molecule has 0 radical (unpaired) electrons. The Morgan fingerprint density at radius 1 is 1.18 bits per heavy atom. The summed E-state index contributed by atoms with van der Waals surface area (Å²) in [6.45, 7) is 5.29. The highest BCUT2D eigenvalue weighted by Gasteiger charge is 2.30. The minimum atomic E-state index is -1.02. The number of anilines is 1. The van der Waals surface area contributed by atoms with Crippen molar-refractivity contribution in [3.8, 4) is 5.75 Å². The fourth-order valence-electron chi connectivity index (χ4n) is 1.73. The number of halogens is 2. The molecule has 2 aromatic rings. The van der Waals surface area contributed by atoms with Crippen LogP contribution in [0.25, 0.3) is 0 Å². The second kappa shape index (κ2) is 6.79. The van der Waals surface area contributed by atoms with Crippen molar-refractivity contribution in [1.29, 1.82) is 0 Å². The first-order chi connectivity index (χ1) is 10.3. The van der Waals surface area contributed by atoms with Crippen LogP contribution in [0.4, 0.5) is 5.82 Å². The van der Waals surface area contributed by atoms with Gasteiger partial charge in [0.15, 0.2) is 5.60 Å². The Morgan fingerprint density at radius 2 is 1.82 bits per heavy atom. The Balaban J connectivity index is 2.16. The van der Waals surface area contributed by atoms with Crippen LogP contribution >= 0.6 is 31.9 Å². The van der Waals surface area contributed by atoms with Crippen molar-refractivity contribution >= 4 is 43.6 Å². The van der Waals surface area contributed by atoms with E-state index >= 15 is 0 Å². The van der Waals surface area contributed by atoms with Crippen molar-refractivity contribution in [2.24, 2.45) is 0 Å². The fraction of sp³-hybridized carbons (Fsp3) is 0.250. The van der Waals surface area contributed by atoms with Crippen molar-refractivity contribution in [3.05, 3.63) is 51.0 Å². The lowest BCUT2D eigenvalue weighted by molar-refractivity contribution is -0.128. The summed E-state index contributed by atoms with van der Waals surface area (Å²) in [6, 6.07) is 11.1. The summed E-state index contributed by atoms with van der Waals surface area (Å²) >= 11 is 6.80. The second-order valence-corrected chi connectivity index (χ2v) is 6.97. The molecule has 0 spiro atoms. The van der Waals surface area contributed by atoms with Crippen molar-refractivity contribution in [2.75, 3.05) is 5.32 Å². The molecule has 2 rings (SSSR count). The van der Waals surface area contributed by atoms with Crippen LogP contribution in [0.5, 0.6) is 5.75 Å².